The number of aliphatic hydroxyl groups excluding tert-OH is 1. The number of rotatable bonds is 4. The van der Waals surface area contributed by atoms with Gasteiger partial charge in [0, 0.05) is 23.9 Å². The van der Waals surface area contributed by atoms with Gasteiger partial charge in [0.2, 0.25) is 0 Å². The first kappa shape index (κ1) is 19.0. The number of amides is 1. The smallest absolute Gasteiger partial charge is 0.301 e. The van der Waals surface area contributed by atoms with Gasteiger partial charge in [-0.1, -0.05) is 36.4 Å². The molecule has 1 aliphatic rings. The largest absolute Gasteiger partial charge is 0.507 e. The van der Waals surface area contributed by atoms with Crippen molar-refractivity contribution in [2.75, 3.05) is 4.90 Å². The van der Waals surface area contributed by atoms with E-state index in [4.69, 9.17) is 0 Å². The molecule has 2 aromatic carbocycles. The maximum absolute atomic E-state index is 12.9. The number of anilines is 1. The Hall–Kier alpha value is -4.33. The Morgan fingerprint density at radius 3 is 2.23 bits per heavy atom. The van der Waals surface area contributed by atoms with Crippen molar-refractivity contribution < 1.29 is 19.6 Å². The number of Topliss-reactive ketones (excluding diaryl/α,β-unsaturated/α-hetero) is 1. The van der Waals surface area contributed by atoms with Gasteiger partial charge < -0.3 is 5.11 Å². The van der Waals surface area contributed by atoms with Crippen LogP contribution in [0.25, 0.3) is 5.76 Å². The van der Waals surface area contributed by atoms with Crippen LogP contribution in [0.2, 0.25) is 0 Å². The number of hydrogen-bond acceptors (Lipinski definition) is 6. The lowest BCUT2D eigenvalue weighted by atomic mass is 9.95. The molecule has 3 aromatic rings. The summed E-state index contributed by atoms with van der Waals surface area (Å²) in [7, 11) is 0. The molecule has 148 valence electrons. The highest BCUT2D eigenvalue weighted by Crippen LogP contribution is 2.41. The maximum Gasteiger partial charge on any atom is 0.301 e. The number of pyridine rings is 1. The van der Waals surface area contributed by atoms with Crippen LogP contribution >= 0.6 is 0 Å². The number of non-ortho nitro benzene ring substituents is 1. The van der Waals surface area contributed by atoms with E-state index < -0.39 is 28.4 Å². The average molecular weight is 401 g/mol. The molecule has 1 aromatic heterocycles. The number of aliphatic hydroxyl groups is 1. The van der Waals surface area contributed by atoms with Crippen molar-refractivity contribution in [2.45, 2.75) is 6.04 Å². The quantitative estimate of drug-likeness (QED) is 0.235. The van der Waals surface area contributed by atoms with Gasteiger partial charge in [-0.3, -0.25) is 24.6 Å². The van der Waals surface area contributed by atoms with Gasteiger partial charge in [-0.15, -0.1) is 0 Å². The van der Waals surface area contributed by atoms with Gasteiger partial charge in [0.05, 0.1) is 16.5 Å². The minimum absolute atomic E-state index is 0.106. The number of carbonyl (C=O) groups excluding carboxylic acids is 2. The van der Waals surface area contributed by atoms with Gasteiger partial charge in [0.15, 0.2) is 0 Å². The van der Waals surface area contributed by atoms with Crippen LogP contribution in [-0.4, -0.2) is 26.7 Å². The molecule has 0 spiro atoms. The lowest BCUT2D eigenvalue weighted by Gasteiger charge is -2.24. The highest BCUT2D eigenvalue weighted by atomic mass is 16.6. The van der Waals surface area contributed by atoms with E-state index in [9.17, 15) is 24.8 Å². The summed E-state index contributed by atoms with van der Waals surface area (Å²) in [6, 6.07) is 18.0. The molecule has 1 amide bonds. The Morgan fingerprint density at radius 1 is 0.967 bits per heavy atom. The fourth-order valence-corrected chi connectivity index (χ4v) is 3.41. The Labute approximate surface area is 170 Å². The van der Waals surface area contributed by atoms with Crippen LogP contribution in [0.1, 0.15) is 17.2 Å². The van der Waals surface area contributed by atoms with Crippen molar-refractivity contribution in [1.29, 1.82) is 0 Å². The van der Waals surface area contributed by atoms with E-state index in [1.807, 2.05) is 0 Å². The molecule has 4 rings (SSSR count). The molecule has 0 bridgehead atoms. The molecule has 8 nitrogen and oxygen atoms in total. The topological polar surface area (TPSA) is 114 Å². The highest BCUT2D eigenvalue weighted by molar-refractivity contribution is 6.51. The summed E-state index contributed by atoms with van der Waals surface area (Å²) >= 11 is 0. The van der Waals surface area contributed by atoms with Crippen LogP contribution in [0.3, 0.4) is 0 Å². The molecule has 1 atom stereocenters. The maximum atomic E-state index is 12.9. The standard InChI is InChI=1S/C22H15N3O5/c26-20(15-9-11-16(12-10-15)25(29)30)18-19(14-6-2-1-3-7-14)24(22(28)21(18)27)17-8-4-5-13-23-17/h1-13,19,26H/t19-/m1/s1. The van der Waals surface area contributed by atoms with Crippen molar-refractivity contribution in [3.8, 4) is 0 Å². The lowest BCUT2D eigenvalue weighted by Crippen LogP contribution is -2.30. The van der Waals surface area contributed by atoms with Gasteiger partial charge >= 0.3 is 5.91 Å². The number of nitro groups is 1. The third-order valence-corrected chi connectivity index (χ3v) is 4.81. The Morgan fingerprint density at radius 2 is 1.63 bits per heavy atom. The van der Waals surface area contributed by atoms with Crippen LogP contribution < -0.4 is 4.90 Å². The van der Waals surface area contributed by atoms with Gasteiger partial charge in [0.1, 0.15) is 11.6 Å². The zero-order chi connectivity index (χ0) is 21.3. The molecule has 0 unspecified atom stereocenters. The minimum Gasteiger partial charge on any atom is -0.507 e. The van der Waals surface area contributed by atoms with E-state index >= 15 is 0 Å². The summed E-state index contributed by atoms with van der Waals surface area (Å²) in [6.07, 6.45) is 1.51. The van der Waals surface area contributed by atoms with Crippen LogP contribution in [0.5, 0.6) is 0 Å². The number of hydrogen-bond donors (Lipinski definition) is 1. The molecular formula is C22H15N3O5. The first-order chi connectivity index (χ1) is 14.5. The molecule has 1 N–H and O–H groups in total. The van der Waals surface area contributed by atoms with Crippen LogP contribution in [-0.2, 0) is 9.59 Å². The number of nitro benzene ring substituents is 1. The monoisotopic (exact) mass is 401 g/mol. The number of benzene rings is 2. The van der Waals surface area contributed by atoms with E-state index in [-0.39, 0.29) is 22.6 Å². The molecule has 1 saturated heterocycles. The zero-order valence-electron chi connectivity index (χ0n) is 15.5. The number of ketones is 1. The van der Waals surface area contributed by atoms with Crippen LogP contribution in [0.15, 0.2) is 84.6 Å². The third kappa shape index (κ3) is 3.20. The van der Waals surface area contributed by atoms with Gasteiger partial charge in [-0.2, -0.15) is 0 Å². The Bertz CT molecular complexity index is 1160. The summed E-state index contributed by atoms with van der Waals surface area (Å²) in [5, 5.41) is 21.8. The molecule has 1 aliphatic heterocycles. The molecule has 8 heteroatoms. The summed E-state index contributed by atoms with van der Waals surface area (Å²) in [4.78, 5) is 41.6. The molecule has 1 fully saturated rings. The second kappa shape index (κ2) is 7.59. The van der Waals surface area contributed by atoms with Crippen molar-refractivity contribution >= 4 is 29.0 Å². The normalized spacial score (nSPS) is 17.9. The first-order valence-corrected chi connectivity index (χ1v) is 9.01. The predicted octanol–water partition coefficient (Wildman–Crippen LogP) is 3.62. The SMILES string of the molecule is O=C1C(=O)N(c2ccccn2)[C@H](c2ccccc2)C1=C(O)c1ccc([N+](=O)[O-])cc1. The first-order valence-electron chi connectivity index (χ1n) is 9.01. The summed E-state index contributed by atoms with van der Waals surface area (Å²) in [6.45, 7) is 0. The van der Waals surface area contributed by atoms with Gasteiger partial charge in [-0.25, -0.2) is 4.98 Å². The average Bonchev–Trinajstić information content (AvgIpc) is 3.05. The summed E-state index contributed by atoms with van der Waals surface area (Å²) < 4.78 is 0. The van der Waals surface area contributed by atoms with E-state index in [0.717, 1.165) is 0 Å². The van der Waals surface area contributed by atoms with E-state index in [0.29, 0.717) is 5.56 Å². The summed E-state index contributed by atoms with van der Waals surface area (Å²) in [5.74, 6) is -1.80. The van der Waals surface area contributed by atoms with E-state index in [1.165, 1.54) is 35.4 Å². The minimum atomic E-state index is -0.892. The van der Waals surface area contributed by atoms with Crippen molar-refractivity contribution in [2.24, 2.45) is 0 Å². The van der Waals surface area contributed by atoms with E-state index in [2.05, 4.69) is 4.98 Å². The lowest BCUT2D eigenvalue weighted by molar-refractivity contribution is -0.384. The fraction of sp³-hybridized carbons (Fsp3) is 0.0455. The molecular weight excluding hydrogens is 386 g/mol. The van der Waals surface area contributed by atoms with Crippen molar-refractivity contribution in [1.82, 2.24) is 4.98 Å². The number of nitrogens with zero attached hydrogens (tertiary/aromatic N) is 3. The highest BCUT2D eigenvalue weighted by Gasteiger charge is 2.47. The van der Waals surface area contributed by atoms with Gasteiger partial charge in [-0.05, 0) is 29.8 Å². The van der Waals surface area contributed by atoms with Crippen molar-refractivity contribution in [3.63, 3.8) is 0 Å². The van der Waals surface area contributed by atoms with Crippen LogP contribution in [0, 0.1) is 10.1 Å². The Balaban J connectivity index is 1.90. The number of aromatic nitrogens is 1. The van der Waals surface area contributed by atoms with E-state index in [1.54, 1.807) is 48.5 Å². The predicted molar refractivity (Wildman–Crippen MR) is 109 cm³/mol. The zero-order valence-corrected chi connectivity index (χ0v) is 15.5. The second-order valence-corrected chi connectivity index (χ2v) is 6.57. The molecule has 30 heavy (non-hydrogen) atoms. The van der Waals surface area contributed by atoms with Gasteiger partial charge in [0.25, 0.3) is 11.5 Å². The number of carbonyl (C=O) groups is 2. The second-order valence-electron chi connectivity index (χ2n) is 6.57. The fourth-order valence-electron chi connectivity index (χ4n) is 3.41. The van der Waals surface area contributed by atoms with Crippen LogP contribution in [0.4, 0.5) is 11.5 Å². The molecule has 0 saturated carbocycles. The Kier molecular flexibility index (Phi) is 4.81. The molecule has 2 heterocycles. The molecule has 0 aliphatic carbocycles. The third-order valence-electron chi connectivity index (χ3n) is 4.81. The summed E-state index contributed by atoms with van der Waals surface area (Å²) in [5.41, 5.74) is 0.553. The molecule has 0 radical (unpaired) electrons. The van der Waals surface area contributed by atoms with Crippen molar-refractivity contribution in [3.05, 3.63) is 106 Å².